The van der Waals surface area contributed by atoms with Crippen LogP contribution in [0.1, 0.15) is 31.4 Å². The number of aryl methyl sites for hydroxylation is 1. The third kappa shape index (κ3) is 1.88. The molecular formula is C12H17N3OS. The molecule has 0 amide bonds. The maximum atomic E-state index is 12.4. The highest BCUT2D eigenvalue weighted by Gasteiger charge is 2.45. The van der Waals surface area contributed by atoms with Crippen LogP contribution in [-0.2, 0) is 10.3 Å². The van der Waals surface area contributed by atoms with Gasteiger partial charge >= 0.3 is 0 Å². The van der Waals surface area contributed by atoms with Crippen LogP contribution in [0.3, 0.4) is 0 Å². The quantitative estimate of drug-likeness (QED) is 0.811. The Hall–Kier alpha value is -1.23. The molecule has 2 rings (SSSR count). The van der Waals surface area contributed by atoms with Crippen molar-refractivity contribution in [1.82, 2.24) is 14.9 Å². The van der Waals surface area contributed by atoms with Gasteiger partial charge in [0, 0.05) is 19.7 Å². The van der Waals surface area contributed by atoms with E-state index < -0.39 is 5.54 Å². The molecule has 1 atom stereocenters. The topological polar surface area (TPSA) is 46.9 Å². The normalized spacial score (nSPS) is 24.7. The molecule has 1 aliphatic carbocycles. The second kappa shape index (κ2) is 4.56. The number of imidazole rings is 1. The number of aromatic nitrogens is 2. The molecule has 1 aromatic rings. The average Bonchev–Trinajstić information content (AvgIpc) is 2.76. The number of nitrogens with one attached hydrogen (secondary N) is 1. The maximum absolute atomic E-state index is 12.4. The molecular weight excluding hydrogens is 234 g/mol. The summed E-state index contributed by atoms with van der Waals surface area (Å²) in [4.78, 5) is 17.2. The van der Waals surface area contributed by atoms with Crippen molar-refractivity contribution in [2.24, 2.45) is 0 Å². The Kier molecular flexibility index (Phi) is 3.28. The molecule has 0 aromatic carbocycles. The number of hydrogen-bond donors (Lipinski definition) is 1. The van der Waals surface area contributed by atoms with E-state index in [-0.39, 0.29) is 5.78 Å². The SMILES string of the molecule is CNC(=S)C1(n2cnc(C)c2)CCCCC1=O. The van der Waals surface area contributed by atoms with Crippen molar-refractivity contribution in [3.63, 3.8) is 0 Å². The molecule has 5 heteroatoms. The molecule has 1 fully saturated rings. The number of ketones is 1. The zero-order valence-electron chi connectivity index (χ0n) is 10.2. The lowest BCUT2D eigenvalue weighted by atomic mass is 9.80. The Balaban J connectivity index is 2.49. The van der Waals surface area contributed by atoms with Gasteiger partial charge in [-0.3, -0.25) is 4.79 Å². The highest BCUT2D eigenvalue weighted by atomic mass is 32.1. The van der Waals surface area contributed by atoms with Crippen LogP contribution in [0.2, 0.25) is 0 Å². The first-order valence-corrected chi connectivity index (χ1v) is 6.28. The molecule has 1 heterocycles. The molecule has 1 saturated carbocycles. The summed E-state index contributed by atoms with van der Waals surface area (Å²) >= 11 is 5.38. The zero-order valence-corrected chi connectivity index (χ0v) is 11.0. The van der Waals surface area contributed by atoms with E-state index in [0.29, 0.717) is 11.4 Å². The molecule has 0 radical (unpaired) electrons. The van der Waals surface area contributed by atoms with Crippen molar-refractivity contribution < 1.29 is 4.79 Å². The van der Waals surface area contributed by atoms with Gasteiger partial charge in [-0.25, -0.2) is 4.98 Å². The second-order valence-electron chi connectivity index (χ2n) is 4.49. The summed E-state index contributed by atoms with van der Waals surface area (Å²) in [6.45, 7) is 1.92. The van der Waals surface area contributed by atoms with E-state index in [1.165, 1.54) is 0 Å². The highest BCUT2D eigenvalue weighted by molar-refractivity contribution is 7.80. The summed E-state index contributed by atoms with van der Waals surface area (Å²) in [7, 11) is 1.77. The smallest absolute Gasteiger partial charge is 0.165 e. The Labute approximate surface area is 106 Å². The van der Waals surface area contributed by atoms with Crippen molar-refractivity contribution in [2.75, 3.05) is 7.05 Å². The van der Waals surface area contributed by atoms with Crippen LogP contribution in [0.4, 0.5) is 0 Å². The predicted octanol–water partition coefficient (Wildman–Crippen LogP) is 1.58. The zero-order chi connectivity index (χ0) is 12.5. The summed E-state index contributed by atoms with van der Waals surface area (Å²) in [5, 5.41) is 2.98. The van der Waals surface area contributed by atoms with Crippen molar-refractivity contribution in [3.05, 3.63) is 18.2 Å². The first-order valence-electron chi connectivity index (χ1n) is 5.88. The molecule has 17 heavy (non-hydrogen) atoms. The lowest BCUT2D eigenvalue weighted by Crippen LogP contribution is -2.53. The van der Waals surface area contributed by atoms with Crippen LogP contribution in [-0.4, -0.2) is 27.4 Å². The van der Waals surface area contributed by atoms with Crippen LogP contribution in [0.5, 0.6) is 0 Å². The van der Waals surface area contributed by atoms with Crippen molar-refractivity contribution in [3.8, 4) is 0 Å². The van der Waals surface area contributed by atoms with Crippen LogP contribution >= 0.6 is 12.2 Å². The van der Waals surface area contributed by atoms with Gasteiger partial charge in [0.1, 0.15) is 4.99 Å². The van der Waals surface area contributed by atoms with Crippen molar-refractivity contribution >= 4 is 23.0 Å². The number of carbonyl (C=O) groups is 1. The Morgan fingerprint density at radius 3 is 2.88 bits per heavy atom. The van der Waals surface area contributed by atoms with Gasteiger partial charge in [0.05, 0.1) is 12.0 Å². The summed E-state index contributed by atoms with van der Waals surface area (Å²) in [6, 6.07) is 0. The largest absolute Gasteiger partial charge is 0.380 e. The summed E-state index contributed by atoms with van der Waals surface area (Å²) < 4.78 is 1.88. The number of thiocarbonyl (C=S) groups is 1. The second-order valence-corrected chi connectivity index (χ2v) is 4.90. The van der Waals surface area contributed by atoms with Crippen LogP contribution < -0.4 is 5.32 Å². The van der Waals surface area contributed by atoms with Crippen LogP contribution in [0, 0.1) is 6.92 Å². The van der Waals surface area contributed by atoms with Gasteiger partial charge < -0.3 is 9.88 Å². The van der Waals surface area contributed by atoms with Crippen LogP contribution in [0.25, 0.3) is 0 Å². The van der Waals surface area contributed by atoms with E-state index in [2.05, 4.69) is 10.3 Å². The third-order valence-electron chi connectivity index (χ3n) is 3.41. The fourth-order valence-corrected chi connectivity index (χ4v) is 2.80. The van der Waals surface area contributed by atoms with E-state index in [4.69, 9.17) is 12.2 Å². The predicted molar refractivity (Wildman–Crippen MR) is 70.1 cm³/mol. The summed E-state index contributed by atoms with van der Waals surface area (Å²) in [5.74, 6) is 0.195. The van der Waals surface area contributed by atoms with Crippen LogP contribution in [0.15, 0.2) is 12.5 Å². The van der Waals surface area contributed by atoms with Gasteiger partial charge in [-0.1, -0.05) is 12.2 Å². The van der Waals surface area contributed by atoms with E-state index >= 15 is 0 Å². The standard InChI is InChI=1S/C12H17N3OS/c1-9-7-15(8-14-9)12(11(17)13-2)6-4-3-5-10(12)16/h7-8H,3-6H2,1-2H3,(H,13,17). The monoisotopic (exact) mass is 251 g/mol. The third-order valence-corrected chi connectivity index (χ3v) is 3.95. The molecule has 1 N–H and O–H groups in total. The Morgan fingerprint density at radius 1 is 1.59 bits per heavy atom. The molecule has 1 aromatic heterocycles. The number of likely N-dealkylation sites (N-methyl/N-ethyl adjacent to an activating group) is 1. The lowest BCUT2D eigenvalue weighted by molar-refractivity contribution is -0.126. The lowest BCUT2D eigenvalue weighted by Gasteiger charge is -2.37. The van der Waals surface area contributed by atoms with Gasteiger partial charge in [0.2, 0.25) is 0 Å². The van der Waals surface area contributed by atoms with Gasteiger partial charge in [0.25, 0.3) is 0 Å². The number of rotatable bonds is 2. The molecule has 1 aliphatic rings. The first-order chi connectivity index (χ1) is 8.11. The highest BCUT2D eigenvalue weighted by Crippen LogP contribution is 2.33. The average molecular weight is 251 g/mol. The van der Waals surface area contributed by atoms with Gasteiger partial charge in [-0.05, 0) is 26.2 Å². The van der Waals surface area contributed by atoms with Gasteiger partial charge in [-0.15, -0.1) is 0 Å². The molecule has 92 valence electrons. The number of nitrogens with zero attached hydrogens (tertiary/aromatic N) is 2. The minimum Gasteiger partial charge on any atom is -0.380 e. The van der Waals surface area contributed by atoms with Crippen molar-refractivity contribution in [2.45, 2.75) is 38.1 Å². The first kappa shape index (κ1) is 12.2. The fourth-order valence-electron chi connectivity index (χ4n) is 2.48. The molecule has 0 bridgehead atoms. The van der Waals surface area contributed by atoms with E-state index in [9.17, 15) is 4.79 Å². The fraction of sp³-hybridized carbons (Fsp3) is 0.583. The number of carbonyl (C=O) groups excluding carboxylic acids is 1. The van der Waals surface area contributed by atoms with E-state index in [0.717, 1.165) is 25.0 Å². The van der Waals surface area contributed by atoms with E-state index in [1.54, 1.807) is 13.4 Å². The van der Waals surface area contributed by atoms with Crippen molar-refractivity contribution in [1.29, 1.82) is 0 Å². The Bertz CT molecular complexity index is 444. The molecule has 4 nitrogen and oxygen atoms in total. The van der Waals surface area contributed by atoms with Gasteiger partial charge in [0.15, 0.2) is 11.3 Å². The van der Waals surface area contributed by atoms with E-state index in [1.807, 2.05) is 17.7 Å². The summed E-state index contributed by atoms with van der Waals surface area (Å²) in [6.07, 6.45) is 6.95. The Morgan fingerprint density at radius 2 is 2.35 bits per heavy atom. The number of Topliss-reactive ketones (excluding diaryl/α,β-unsaturated/α-hetero) is 1. The molecule has 0 saturated heterocycles. The number of hydrogen-bond acceptors (Lipinski definition) is 3. The van der Waals surface area contributed by atoms with Gasteiger partial charge in [-0.2, -0.15) is 0 Å². The molecule has 0 spiro atoms. The minimum atomic E-state index is -0.705. The molecule has 1 unspecified atom stereocenters. The maximum Gasteiger partial charge on any atom is 0.165 e. The minimum absolute atomic E-state index is 0.195. The molecule has 0 aliphatic heterocycles. The summed E-state index contributed by atoms with van der Waals surface area (Å²) in [5.41, 5.74) is 0.200.